The summed E-state index contributed by atoms with van der Waals surface area (Å²) in [5.41, 5.74) is 7.91. The maximum atomic E-state index is 12.5. The zero-order valence-electron chi connectivity index (χ0n) is 19.7. The SMILES string of the molecule is C=Cc1c(/C=C\C)nc(-c2ccc(-c3ccc(CCC4CC4)cc3)cc2)c(OC)c1C(=O)NO. The average molecular weight is 455 g/mol. The molecule has 0 unspecified atom stereocenters. The Kier molecular flexibility index (Phi) is 7.24. The van der Waals surface area contributed by atoms with E-state index in [4.69, 9.17) is 9.72 Å². The molecule has 2 N–H and O–H groups in total. The number of nitrogens with zero attached hydrogens (tertiary/aromatic N) is 1. The Bertz CT molecular complexity index is 1210. The first kappa shape index (κ1) is 23.5. The highest BCUT2D eigenvalue weighted by Gasteiger charge is 2.24. The molecule has 0 bridgehead atoms. The smallest absolute Gasteiger partial charge is 0.279 e. The fourth-order valence-electron chi connectivity index (χ4n) is 4.23. The highest BCUT2D eigenvalue weighted by molar-refractivity contribution is 6.02. The molecule has 1 saturated carbocycles. The topological polar surface area (TPSA) is 71.5 Å². The van der Waals surface area contributed by atoms with Crippen molar-refractivity contribution >= 4 is 18.1 Å². The van der Waals surface area contributed by atoms with E-state index in [2.05, 4.69) is 30.8 Å². The molecular formula is C29H30N2O3. The number of amides is 1. The van der Waals surface area contributed by atoms with Crippen LogP contribution in [0.5, 0.6) is 5.75 Å². The van der Waals surface area contributed by atoms with Crippen LogP contribution in [0, 0.1) is 5.92 Å². The van der Waals surface area contributed by atoms with Crippen LogP contribution in [0.2, 0.25) is 0 Å². The molecule has 0 saturated heterocycles. The minimum Gasteiger partial charge on any atom is -0.494 e. The van der Waals surface area contributed by atoms with Gasteiger partial charge in [-0.1, -0.05) is 80.1 Å². The van der Waals surface area contributed by atoms with E-state index in [0.717, 1.165) is 29.0 Å². The molecular weight excluding hydrogens is 424 g/mol. The molecule has 4 rings (SSSR count). The van der Waals surface area contributed by atoms with Gasteiger partial charge < -0.3 is 4.74 Å². The molecule has 0 spiro atoms. The first-order chi connectivity index (χ1) is 16.6. The Labute approximate surface area is 200 Å². The minimum atomic E-state index is -0.681. The van der Waals surface area contributed by atoms with Gasteiger partial charge in [-0.15, -0.1) is 0 Å². The number of rotatable bonds is 9. The minimum absolute atomic E-state index is 0.184. The second-order valence-corrected chi connectivity index (χ2v) is 8.57. The number of ether oxygens (including phenoxy) is 1. The molecule has 0 radical (unpaired) electrons. The molecule has 5 nitrogen and oxygen atoms in total. The maximum Gasteiger partial charge on any atom is 0.279 e. The second kappa shape index (κ2) is 10.5. The first-order valence-corrected chi connectivity index (χ1v) is 11.6. The lowest BCUT2D eigenvalue weighted by molar-refractivity contribution is 0.0703. The normalized spacial score (nSPS) is 13.1. The van der Waals surface area contributed by atoms with Gasteiger partial charge in [0.05, 0.1) is 18.4 Å². The number of hydroxylamine groups is 1. The molecule has 1 heterocycles. The Morgan fingerprint density at radius 2 is 1.74 bits per heavy atom. The summed E-state index contributed by atoms with van der Waals surface area (Å²) in [5, 5.41) is 9.33. The van der Waals surface area contributed by atoms with E-state index >= 15 is 0 Å². The zero-order valence-corrected chi connectivity index (χ0v) is 19.7. The van der Waals surface area contributed by atoms with Crippen LogP contribution in [0.15, 0.2) is 61.2 Å². The van der Waals surface area contributed by atoms with E-state index in [-0.39, 0.29) is 11.3 Å². The van der Waals surface area contributed by atoms with Gasteiger partial charge in [-0.2, -0.15) is 0 Å². The summed E-state index contributed by atoms with van der Waals surface area (Å²) < 4.78 is 5.60. The number of hydrogen-bond acceptors (Lipinski definition) is 4. The van der Waals surface area contributed by atoms with Gasteiger partial charge in [0.1, 0.15) is 5.69 Å². The number of aryl methyl sites for hydroxylation is 1. The van der Waals surface area contributed by atoms with Gasteiger partial charge >= 0.3 is 0 Å². The summed E-state index contributed by atoms with van der Waals surface area (Å²) >= 11 is 0. The first-order valence-electron chi connectivity index (χ1n) is 11.6. The van der Waals surface area contributed by atoms with Gasteiger partial charge in [0.25, 0.3) is 5.91 Å². The molecule has 1 amide bonds. The van der Waals surface area contributed by atoms with Crippen molar-refractivity contribution in [1.82, 2.24) is 10.5 Å². The van der Waals surface area contributed by atoms with Crippen LogP contribution in [0.3, 0.4) is 0 Å². The molecule has 174 valence electrons. The summed E-state index contributed by atoms with van der Waals surface area (Å²) in [6.07, 6.45) is 10.4. The predicted octanol–water partition coefficient (Wildman–Crippen LogP) is 6.56. The third-order valence-electron chi connectivity index (χ3n) is 6.26. The Balaban J connectivity index is 1.69. The van der Waals surface area contributed by atoms with E-state index in [1.807, 2.05) is 37.3 Å². The van der Waals surface area contributed by atoms with Crippen molar-refractivity contribution in [2.75, 3.05) is 7.11 Å². The Morgan fingerprint density at radius 3 is 2.26 bits per heavy atom. The van der Waals surface area contributed by atoms with Gasteiger partial charge in [-0.3, -0.25) is 10.0 Å². The van der Waals surface area contributed by atoms with E-state index in [1.165, 1.54) is 38.0 Å². The largest absolute Gasteiger partial charge is 0.494 e. The molecule has 0 aliphatic heterocycles. The monoisotopic (exact) mass is 454 g/mol. The third-order valence-corrected chi connectivity index (χ3v) is 6.26. The van der Waals surface area contributed by atoms with Gasteiger partial charge in [0, 0.05) is 11.1 Å². The fraction of sp³-hybridized carbons (Fsp3) is 0.241. The van der Waals surface area contributed by atoms with E-state index in [9.17, 15) is 10.0 Å². The molecule has 1 aliphatic carbocycles. The average Bonchev–Trinajstić information content (AvgIpc) is 3.71. The second-order valence-electron chi connectivity index (χ2n) is 8.57. The van der Waals surface area contributed by atoms with Crippen LogP contribution in [0.25, 0.3) is 34.5 Å². The highest BCUT2D eigenvalue weighted by atomic mass is 16.5. The van der Waals surface area contributed by atoms with Crippen LogP contribution in [0.1, 0.15) is 53.4 Å². The molecule has 1 aliphatic rings. The summed E-state index contributed by atoms with van der Waals surface area (Å²) in [6.45, 7) is 5.68. The van der Waals surface area contributed by atoms with Crippen LogP contribution in [0.4, 0.5) is 0 Å². The van der Waals surface area contributed by atoms with Crippen molar-refractivity contribution < 1.29 is 14.7 Å². The number of nitrogens with one attached hydrogen (secondary N) is 1. The summed E-state index contributed by atoms with van der Waals surface area (Å²) in [5.74, 6) is 0.540. The number of hydrogen-bond donors (Lipinski definition) is 2. The number of allylic oxidation sites excluding steroid dienone is 1. The standard InChI is InChI=1S/C29H30N2O3/c1-4-6-25-24(5-2)26(29(32)31-33)28(34-3)27(30-25)23-17-15-22(16-18-23)21-13-11-20(12-14-21)10-9-19-7-8-19/h4-6,11-19,33H,2,7-10H2,1,3H3,(H,31,32)/b6-4-. The number of benzene rings is 2. The lowest BCUT2D eigenvalue weighted by Gasteiger charge is -2.17. The van der Waals surface area contributed by atoms with Crippen molar-refractivity contribution in [2.45, 2.75) is 32.6 Å². The van der Waals surface area contributed by atoms with Gasteiger partial charge in [-0.25, -0.2) is 10.5 Å². The molecule has 1 fully saturated rings. The van der Waals surface area contributed by atoms with Crippen molar-refractivity contribution in [3.63, 3.8) is 0 Å². The molecule has 5 heteroatoms. The highest BCUT2D eigenvalue weighted by Crippen LogP contribution is 2.37. The number of pyridine rings is 1. The van der Waals surface area contributed by atoms with Crippen molar-refractivity contribution in [2.24, 2.45) is 5.92 Å². The number of methoxy groups -OCH3 is 1. The van der Waals surface area contributed by atoms with Crippen LogP contribution in [-0.4, -0.2) is 23.2 Å². The summed E-state index contributed by atoms with van der Waals surface area (Å²) in [6, 6.07) is 16.8. The van der Waals surface area contributed by atoms with Crippen molar-refractivity contribution in [1.29, 1.82) is 0 Å². The summed E-state index contributed by atoms with van der Waals surface area (Å²) in [4.78, 5) is 17.3. The Hall–Kier alpha value is -3.70. The van der Waals surface area contributed by atoms with Crippen LogP contribution < -0.4 is 10.2 Å². The fourth-order valence-corrected chi connectivity index (χ4v) is 4.23. The van der Waals surface area contributed by atoms with E-state index < -0.39 is 5.91 Å². The van der Waals surface area contributed by atoms with Gasteiger partial charge in [0.2, 0.25) is 0 Å². The number of aromatic nitrogens is 1. The number of carbonyl (C=O) groups is 1. The zero-order chi connectivity index (χ0) is 24.1. The molecule has 2 aromatic carbocycles. The quantitative estimate of drug-likeness (QED) is 0.284. The lowest BCUT2D eigenvalue weighted by atomic mass is 9.97. The summed E-state index contributed by atoms with van der Waals surface area (Å²) in [7, 11) is 1.48. The molecule has 34 heavy (non-hydrogen) atoms. The van der Waals surface area contributed by atoms with E-state index in [1.54, 1.807) is 11.6 Å². The molecule has 3 aromatic rings. The Morgan fingerprint density at radius 1 is 1.12 bits per heavy atom. The lowest BCUT2D eigenvalue weighted by Crippen LogP contribution is -2.22. The molecule has 0 atom stereocenters. The van der Waals surface area contributed by atoms with Crippen LogP contribution in [-0.2, 0) is 6.42 Å². The van der Waals surface area contributed by atoms with Gasteiger partial charge in [-0.05, 0) is 48.4 Å². The van der Waals surface area contributed by atoms with E-state index in [0.29, 0.717) is 17.0 Å². The van der Waals surface area contributed by atoms with Crippen molar-refractivity contribution in [3.8, 4) is 28.1 Å². The van der Waals surface area contributed by atoms with Gasteiger partial charge in [0.15, 0.2) is 5.75 Å². The maximum absolute atomic E-state index is 12.5. The van der Waals surface area contributed by atoms with Crippen LogP contribution >= 0.6 is 0 Å². The number of carbonyl (C=O) groups excluding carboxylic acids is 1. The molecule has 1 aromatic heterocycles. The third kappa shape index (κ3) is 4.95. The van der Waals surface area contributed by atoms with Crippen molar-refractivity contribution in [3.05, 3.63) is 83.6 Å². The predicted molar refractivity (Wildman–Crippen MR) is 137 cm³/mol.